The van der Waals surface area contributed by atoms with Crippen LogP contribution in [0.4, 0.5) is 17.6 Å². The van der Waals surface area contributed by atoms with Gasteiger partial charge in [-0.1, -0.05) is 18.2 Å². The molecule has 0 bridgehead atoms. The lowest BCUT2D eigenvalue weighted by Gasteiger charge is -2.35. The Kier molecular flexibility index (Phi) is 6.75. The van der Waals surface area contributed by atoms with Crippen LogP contribution in [-0.4, -0.2) is 53.4 Å². The van der Waals surface area contributed by atoms with Crippen molar-refractivity contribution in [3.63, 3.8) is 0 Å². The number of ether oxygens (including phenoxy) is 1. The topological polar surface area (TPSA) is 59.4 Å². The van der Waals surface area contributed by atoms with Crippen LogP contribution < -0.4 is 5.32 Å². The molecule has 0 radical (unpaired) electrons. The number of benzene rings is 2. The standard InChI is InChI=1S/C23H22F4N4O2/c24-18-2-1-3-19(14-18)31-9-8-20(29-31)22(32)28-15-21(30-10-12-33-13-11-30)16-4-6-17(7-5-16)23(25,26)27/h1-9,14,21H,10-13,15H2,(H,28,32). The molecule has 33 heavy (non-hydrogen) atoms. The van der Waals surface area contributed by atoms with Gasteiger partial charge < -0.3 is 10.1 Å². The van der Waals surface area contributed by atoms with Gasteiger partial charge in [-0.3, -0.25) is 9.69 Å². The van der Waals surface area contributed by atoms with E-state index in [1.54, 1.807) is 18.3 Å². The molecule has 1 atom stereocenters. The van der Waals surface area contributed by atoms with Crippen molar-refractivity contribution < 1.29 is 27.1 Å². The fraction of sp³-hybridized carbons (Fsp3) is 0.304. The first-order valence-corrected chi connectivity index (χ1v) is 10.4. The Bertz CT molecular complexity index is 1090. The quantitative estimate of drug-likeness (QED) is 0.566. The number of rotatable bonds is 6. The number of aromatic nitrogens is 2. The number of morpholine rings is 1. The van der Waals surface area contributed by atoms with Crippen LogP contribution in [0, 0.1) is 5.82 Å². The molecule has 1 fully saturated rings. The molecule has 1 amide bonds. The van der Waals surface area contributed by atoms with E-state index in [2.05, 4.69) is 15.3 Å². The molecule has 0 saturated carbocycles. The molecule has 6 nitrogen and oxygen atoms in total. The second kappa shape index (κ2) is 9.72. The summed E-state index contributed by atoms with van der Waals surface area (Å²) in [6.07, 6.45) is -2.86. The summed E-state index contributed by atoms with van der Waals surface area (Å²) < 4.78 is 59.1. The molecular weight excluding hydrogens is 440 g/mol. The molecule has 4 rings (SSSR count). The zero-order valence-electron chi connectivity index (χ0n) is 17.6. The van der Waals surface area contributed by atoms with Crippen LogP contribution in [0.5, 0.6) is 0 Å². The Hall–Kier alpha value is -3.24. The fourth-order valence-corrected chi connectivity index (χ4v) is 3.73. The maximum absolute atomic E-state index is 13.5. The lowest BCUT2D eigenvalue weighted by Crippen LogP contribution is -2.43. The first-order chi connectivity index (χ1) is 15.8. The van der Waals surface area contributed by atoms with Gasteiger partial charge in [0, 0.05) is 25.8 Å². The van der Waals surface area contributed by atoms with E-state index in [4.69, 9.17) is 4.74 Å². The molecule has 174 valence electrons. The van der Waals surface area contributed by atoms with Gasteiger partial charge in [-0.2, -0.15) is 18.3 Å². The first kappa shape index (κ1) is 22.9. The highest BCUT2D eigenvalue weighted by molar-refractivity contribution is 5.92. The highest BCUT2D eigenvalue weighted by Gasteiger charge is 2.31. The molecule has 2 heterocycles. The average molecular weight is 462 g/mol. The third kappa shape index (κ3) is 5.58. The maximum atomic E-state index is 13.5. The van der Waals surface area contributed by atoms with Crippen molar-refractivity contribution in [1.82, 2.24) is 20.0 Å². The second-order valence-electron chi connectivity index (χ2n) is 7.62. The van der Waals surface area contributed by atoms with Gasteiger partial charge in [-0.05, 0) is 42.0 Å². The number of carbonyl (C=O) groups excluding carboxylic acids is 1. The van der Waals surface area contributed by atoms with Crippen molar-refractivity contribution in [2.75, 3.05) is 32.8 Å². The van der Waals surface area contributed by atoms with E-state index in [1.165, 1.54) is 35.0 Å². The van der Waals surface area contributed by atoms with E-state index in [9.17, 15) is 22.4 Å². The molecule has 1 aliphatic rings. The largest absolute Gasteiger partial charge is 0.416 e. The van der Waals surface area contributed by atoms with Gasteiger partial charge >= 0.3 is 6.18 Å². The maximum Gasteiger partial charge on any atom is 0.416 e. The highest BCUT2D eigenvalue weighted by atomic mass is 19.4. The Labute approximate surface area is 187 Å². The Morgan fingerprint density at radius 3 is 2.48 bits per heavy atom. The van der Waals surface area contributed by atoms with Gasteiger partial charge in [0.1, 0.15) is 5.82 Å². The van der Waals surface area contributed by atoms with Gasteiger partial charge in [0.25, 0.3) is 5.91 Å². The van der Waals surface area contributed by atoms with E-state index < -0.39 is 23.5 Å². The zero-order valence-corrected chi connectivity index (χ0v) is 17.6. The van der Waals surface area contributed by atoms with E-state index >= 15 is 0 Å². The van der Waals surface area contributed by atoms with Gasteiger partial charge in [-0.15, -0.1) is 0 Å². The number of amides is 1. The lowest BCUT2D eigenvalue weighted by molar-refractivity contribution is -0.137. The van der Waals surface area contributed by atoms with Crippen LogP contribution in [0.1, 0.15) is 27.7 Å². The molecule has 1 saturated heterocycles. The molecule has 1 unspecified atom stereocenters. The number of hydrogen-bond donors (Lipinski definition) is 1. The van der Waals surface area contributed by atoms with E-state index in [-0.39, 0.29) is 18.3 Å². The molecular formula is C23H22F4N4O2. The molecule has 10 heteroatoms. The van der Waals surface area contributed by atoms with Crippen molar-refractivity contribution in [2.45, 2.75) is 12.2 Å². The minimum absolute atomic E-state index is 0.146. The Balaban J connectivity index is 1.48. The number of hydrogen-bond acceptors (Lipinski definition) is 4. The van der Waals surface area contributed by atoms with Gasteiger partial charge in [0.05, 0.1) is 30.5 Å². The van der Waals surface area contributed by atoms with Crippen LogP contribution in [0.3, 0.4) is 0 Å². The van der Waals surface area contributed by atoms with Crippen LogP contribution in [0.2, 0.25) is 0 Å². The molecule has 1 aromatic heterocycles. The van der Waals surface area contributed by atoms with Gasteiger partial charge in [0.2, 0.25) is 0 Å². The van der Waals surface area contributed by atoms with E-state index in [0.717, 1.165) is 12.1 Å². The number of alkyl halides is 3. The number of nitrogens with one attached hydrogen (secondary N) is 1. The lowest BCUT2D eigenvalue weighted by atomic mass is 10.0. The minimum atomic E-state index is -4.41. The second-order valence-corrected chi connectivity index (χ2v) is 7.62. The smallest absolute Gasteiger partial charge is 0.379 e. The summed E-state index contributed by atoms with van der Waals surface area (Å²) in [4.78, 5) is 14.8. The molecule has 1 N–H and O–H groups in total. The summed E-state index contributed by atoms with van der Waals surface area (Å²) in [5, 5.41) is 7.03. The Morgan fingerprint density at radius 1 is 1.09 bits per heavy atom. The number of halogens is 4. The summed E-state index contributed by atoms with van der Waals surface area (Å²) in [6.45, 7) is 2.37. The van der Waals surface area contributed by atoms with Crippen LogP contribution >= 0.6 is 0 Å². The normalized spacial score (nSPS) is 15.9. The minimum Gasteiger partial charge on any atom is -0.379 e. The predicted octanol–water partition coefficient (Wildman–Crippen LogP) is 3.83. The zero-order chi connectivity index (χ0) is 23.4. The van der Waals surface area contributed by atoms with Crippen molar-refractivity contribution in [2.24, 2.45) is 0 Å². The molecule has 3 aromatic rings. The molecule has 0 aliphatic carbocycles. The summed E-state index contributed by atoms with van der Waals surface area (Å²) in [7, 11) is 0. The van der Waals surface area contributed by atoms with Crippen molar-refractivity contribution in [1.29, 1.82) is 0 Å². The van der Waals surface area contributed by atoms with Crippen molar-refractivity contribution in [3.8, 4) is 5.69 Å². The van der Waals surface area contributed by atoms with Gasteiger partial charge in [0.15, 0.2) is 5.69 Å². The van der Waals surface area contributed by atoms with Crippen molar-refractivity contribution in [3.05, 3.63) is 83.4 Å². The molecule has 2 aromatic carbocycles. The average Bonchev–Trinajstić information content (AvgIpc) is 3.30. The number of carbonyl (C=O) groups is 1. The third-order valence-electron chi connectivity index (χ3n) is 5.46. The molecule has 0 spiro atoms. The summed E-state index contributed by atoms with van der Waals surface area (Å²) >= 11 is 0. The third-order valence-corrected chi connectivity index (χ3v) is 5.46. The monoisotopic (exact) mass is 462 g/mol. The summed E-state index contributed by atoms with van der Waals surface area (Å²) in [6, 6.07) is 12.0. The Morgan fingerprint density at radius 2 is 1.82 bits per heavy atom. The van der Waals surface area contributed by atoms with Crippen LogP contribution in [0.15, 0.2) is 60.8 Å². The van der Waals surface area contributed by atoms with E-state index in [0.29, 0.717) is 37.6 Å². The SMILES string of the molecule is O=C(NCC(c1ccc(C(F)(F)F)cc1)N1CCOCC1)c1ccn(-c2cccc(F)c2)n1. The van der Waals surface area contributed by atoms with E-state index in [1.807, 2.05) is 0 Å². The summed E-state index contributed by atoms with van der Waals surface area (Å²) in [5.41, 5.74) is 0.562. The summed E-state index contributed by atoms with van der Waals surface area (Å²) in [5.74, 6) is -0.853. The van der Waals surface area contributed by atoms with Crippen LogP contribution in [-0.2, 0) is 10.9 Å². The number of nitrogens with zero attached hydrogens (tertiary/aromatic N) is 3. The molecule has 1 aliphatic heterocycles. The van der Waals surface area contributed by atoms with Crippen molar-refractivity contribution >= 4 is 5.91 Å². The fourth-order valence-electron chi connectivity index (χ4n) is 3.73. The van der Waals surface area contributed by atoms with Crippen LogP contribution in [0.25, 0.3) is 5.69 Å². The predicted molar refractivity (Wildman–Crippen MR) is 112 cm³/mol. The first-order valence-electron chi connectivity index (χ1n) is 10.4. The van der Waals surface area contributed by atoms with Gasteiger partial charge in [-0.25, -0.2) is 9.07 Å². The highest BCUT2D eigenvalue weighted by Crippen LogP contribution is 2.31.